The Morgan fingerprint density at radius 1 is 1.73 bits per heavy atom. The second kappa shape index (κ2) is 2.19. The highest BCUT2D eigenvalue weighted by molar-refractivity contribution is 5.89. The highest BCUT2D eigenvalue weighted by atomic mass is 16.3. The minimum absolute atomic E-state index is 0.100. The highest BCUT2D eigenvalue weighted by Gasteiger charge is 2.27. The van der Waals surface area contributed by atoms with Gasteiger partial charge in [0, 0.05) is 12.8 Å². The number of aromatic nitrogens is 1. The fraction of sp³-hybridized carbons (Fsp3) is 0.500. The molecule has 1 fully saturated rings. The van der Waals surface area contributed by atoms with Gasteiger partial charge in [0.2, 0.25) is 5.78 Å². The molecule has 3 heteroatoms. The van der Waals surface area contributed by atoms with Gasteiger partial charge in [-0.3, -0.25) is 4.79 Å². The topological polar surface area (TPSA) is 43.1 Å². The molecule has 1 heterocycles. The van der Waals surface area contributed by atoms with Crippen LogP contribution in [0.3, 0.4) is 0 Å². The minimum Gasteiger partial charge on any atom is -0.442 e. The van der Waals surface area contributed by atoms with Gasteiger partial charge in [0.15, 0.2) is 0 Å². The van der Waals surface area contributed by atoms with Crippen LogP contribution >= 0.6 is 0 Å². The van der Waals surface area contributed by atoms with Gasteiger partial charge >= 0.3 is 0 Å². The summed E-state index contributed by atoms with van der Waals surface area (Å²) in [5, 5.41) is 0. The van der Waals surface area contributed by atoms with E-state index < -0.39 is 0 Å². The lowest BCUT2D eigenvalue weighted by Crippen LogP contribution is -1.91. The van der Waals surface area contributed by atoms with Crippen LogP contribution in [-0.4, -0.2) is 10.8 Å². The Morgan fingerprint density at radius 3 is 2.91 bits per heavy atom. The van der Waals surface area contributed by atoms with Crippen LogP contribution in [0.2, 0.25) is 0 Å². The highest BCUT2D eigenvalue weighted by Crippen LogP contribution is 2.39. The van der Waals surface area contributed by atoms with E-state index >= 15 is 0 Å². The molecule has 58 valence electrons. The number of nitrogens with zero attached hydrogens (tertiary/aromatic N) is 1. The molecule has 0 unspecified atom stereocenters. The van der Waals surface area contributed by atoms with Crippen LogP contribution in [0, 0.1) is 0 Å². The van der Waals surface area contributed by atoms with Crippen LogP contribution in [-0.2, 0) is 0 Å². The van der Waals surface area contributed by atoms with Crippen molar-refractivity contribution in [1.29, 1.82) is 0 Å². The Bertz CT molecular complexity index is 286. The van der Waals surface area contributed by atoms with Crippen molar-refractivity contribution in [2.75, 3.05) is 0 Å². The number of hydrogen-bond donors (Lipinski definition) is 0. The molecule has 2 rings (SSSR count). The van der Waals surface area contributed by atoms with Crippen LogP contribution in [0.15, 0.2) is 10.7 Å². The van der Waals surface area contributed by atoms with Crippen molar-refractivity contribution in [3.05, 3.63) is 17.8 Å². The maximum atomic E-state index is 10.7. The van der Waals surface area contributed by atoms with Gasteiger partial charge in [0.25, 0.3) is 5.89 Å². The molecule has 0 amide bonds. The van der Waals surface area contributed by atoms with Crippen LogP contribution < -0.4 is 0 Å². The molecular weight excluding hydrogens is 142 g/mol. The lowest BCUT2D eigenvalue weighted by molar-refractivity contribution is 0.0980. The Hall–Kier alpha value is -1.12. The first-order valence-electron chi connectivity index (χ1n) is 3.74. The third-order valence-corrected chi connectivity index (χ3v) is 1.82. The zero-order valence-corrected chi connectivity index (χ0v) is 6.33. The summed E-state index contributed by atoms with van der Waals surface area (Å²) in [5.41, 5.74) is 0.940. The summed E-state index contributed by atoms with van der Waals surface area (Å²) in [7, 11) is 0. The number of oxazole rings is 1. The van der Waals surface area contributed by atoms with Crippen molar-refractivity contribution >= 4 is 5.78 Å². The third kappa shape index (κ3) is 1.18. The second-order valence-corrected chi connectivity index (χ2v) is 2.91. The van der Waals surface area contributed by atoms with E-state index in [-0.39, 0.29) is 11.7 Å². The van der Waals surface area contributed by atoms with Gasteiger partial charge in [-0.25, -0.2) is 4.98 Å². The molecule has 1 aromatic rings. The molecule has 0 aromatic carbocycles. The van der Waals surface area contributed by atoms with E-state index in [1.165, 1.54) is 19.8 Å². The average Bonchev–Trinajstić information content (AvgIpc) is 2.68. The third-order valence-electron chi connectivity index (χ3n) is 1.82. The van der Waals surface area contributed by atoms with Gasteiger partial charge in [-0.2, -0.15) is 0 Å². The van der Waals surface area contributed by atoms with Crippen molar-refractivity contribution in [3.8, 4) is 0 Å². The molecule has 1 aliphatic carbocycles. The van der Waals surface area contributed by atoms with Crippen molar-refractivity contribution < 1.29 is 9.21 Å². The van der Waals surface area contributed by atoms with Gasteiger partial charge < -0.3 is 4.42 Å². The zero-order chi connectivity index (χ0) is 7.84. The second-order valence-electron chi connectivity index (χ2n) is 2.91. The van der Waals surface area contributed by atoms with Gasteiger partial charge in [-0.15, -0.1) is 0 Å². The van der Waals surface area contributed by atoms with Crippen molar-refractivity contribution in [1.82, 2.24) is 4.98 Å². The first-order chi connectivity index (χ1) is 5.27. The number of ketones is 1. The molecule has 3 nitrogen and oxygen atoms in total. The van der Waals surface area contributed by atoms with Crippen LogP contribution in [0.1, 0.15) is 42.1 Å². The van der Waals surface area contributed by atoms with Crippen LogP contribution in [0.5, 0.6) is 0 Å². The van der Waals surface area contributed by atoms with E-state index in [0.717, 1.165) is 5.69 Å². The monoisotopic (exact) mass is 151 g/mol. The summed E-state index contributed by atoms with van der Waals surface area (Å²) in [6.45, 7) is 1.46. The van der Waals surface area contributed by atoms with Crippen LogP contribution in [0.4, 0.5) is 0 Å². The summed E-state index contributed by atoms with van der Waals surface area (Å²) in [6.07, 6.45) is 3.96. The Labute approximate surface area is 64.4 Å². The fourth-order valence-corrected chi connectivity index (χ4v) is 1.01. The molecule has 1 aromatic heterocycles. The number of Topliss-reactive ketones (excluding diaryl/α,β-unsaturated/α-hetero) is 1. The standard InChI is InChI=1S/C8H9NO2/c1-5(10)8-9-7(4-11-8)6-2-3-6/h4,6H,2-3H2,1H3. The lowest BCUT2D eigenvalue weighted by atomic mass is 10.3. The van der Waals surface area contributed by atoms with E-state index in [1.807, 2.05) is 0 Å². The first-order valence-corrected chi connectivity index (χ1v) is 3.74. The summed E-state index contributed by atoms with van der Waals surface area (Å²) >= 11 is 0. The molecule has 1 saturated carbocycles. The molecule has 0 aliphatic heterocycles. The molecule has 0 spiro atoms. The van der Waals surface area contributed by atoms with Crippen LogP contribution in [0.25, 0.3) is 0 Å². The molecule has 0 atom stereocenters. The Kier molecular flexibility index (Phi) is 1.31. The molecule has 0 radical (unpaired) electrons. The van der Waals surface area contributed by atoms with Gasteiger partial charge in [-0.1, -0.05) is 0 Å². The average molecular weight is 151 g/mol. The normalized spacial score (nSPS) is 16.8. The molecule has 0 bridgehead atoms. The zero-order valence-electron chi connectivity index (χ0n) is 6.33. The largest absolute Gasteiger partial charge is 0.442 e. The summed E-state index contributed by atoms with van der Waals surface area (Å²) in [4.78, 5) is 14.8. The lowest BCUT2D eigenvalue weighted by Gasteiger charge is -1.82. The molecular formula is C8H9NO2. The minimum atomic E-state index is -0.100. The van der Waals surface area contributed by atoms with E-state index in [2.05, 4.69) is 4.98 Å². The number of carbonyl (C=O) groups excluding carboxylic acids is 1. The predicted molar refractivity (Wildman–Crippen MR) is 38.5 cm³/mol. The Morgan fingerprint density at radius 2 is 2.45 bits per heavy atom. The first kappa shape index (κ1) is 6.58. The van der Waals surface area contributed by atoms with Crippen molar-refractivity contribution in [2.45, 2.75) is 25.7 Å². The number of rotatable bonds is 2. The van der Waals surface area contributed by atoms with E-state index in [9.17, 15) is 4.79 Å². The summed E-state index contributed by atoms with van der Waals surface area (Å²) in [6, 6.07) is 0. The maximum Gasteiger partial charge on any atom is 0.262 e. The number of carbonyl (C=O) groups is 1. The SMILES string of the molecule is CC(=O)c1nc(C2CC2)co1. The number of hydrogen-bond acceptors (Lipinski definition) is 3. The maximum absolute atomic E-state index is 10.7. The van der Waals surface area contributed by atoms with Crippen molar-refractivity contribution in [2.24, 2.45) is 0 Å². The van der Waals surface area contributed by atoms with E-state index in [4.69, 9.17) is 4.42 Å². The Balaban J connectivity index is 2.25. The quantitative estimate of drug-likeness (QED) is 0.605. The van der Waals surface area contributed by atoms with E-state index in [0.29, 0.717) is 5.92 Å². The van der Waals surface area contributed by atoms with Gasteiger partial charge in [0.05, 0.1) is 5.69 Å². The molecule has 0 N–H and O–H groups in total. The van der Waals surface area contributed by atoms with Gasteiger partial charge in [0.1, 0.15) is 6.26 Å². The fourth-order valence-electron chi connectivity index (χ4n) is 1.01. The molecule has 0 saturated heterocycles. The smallest absolute Gasteiger partial charge is 0.262 e. The molecule has 1 aliphatic rings. The predicted octanol–water partition coefficient (Wildman–Crippen LogP) is 1.75. The molecule has 11 heavy (non-hydrogen) atoms. The van der Waals surface area contributed by atoms with E-state index in [1.54, 1.807) is 6.26 Å². The van der Waals surface area contributed by atoms with Gasteiger partial charge in [-0.05, 0) is 12.8 Å². The van der Waals surface area contributed by atoms with Crippen molar-refractivity contribution in [3.63, 3.8) is 0 Å². The summed E-state index contributed by atoms with van der Waals surface area (Å²) in [5.74, 6) is 0.704. The summed E-state index contributed by atoms with van der Waals surface area (Å²) < 4.78 is 4.97.